The predicted molar refractivity (Wildman–Crippen MR) is 88.1 cm³/mol. The molecule has 1 aromatic carbocycles. The summed E-state index contributed by atoms with van der Waals surface area (Å²) in [6, 6.07) is 7.41. The van der Waals surface area contributed by atoms with Crippen LogP contribution in [-0.4, -0.2) is 43.1 Å². The molecule has 22 heavy (non-hydrogen) atoms. The number of nitrogens with zero attached hydrogens (tertiary/aromatic N) is 1. The predicted octanol–water partition coefficient (Wildman–Crippen LogP) is 2.37. The van der Waals surface area contributed by atoms with Gasteiger partial charge in [0.1, 0.15) is 5.75 Å². The molecular weight excluding hydrogens is 278 g/mol. The number of hydrogen-bond acceptors (Lipinski definition) is 3. The van der Waals surface area contributed by atoms with E-state index in [0.29, 0.717) is 32.5 Å². The van der Waals surface area contributed by atoms with Crippen molar-refractivity contribution in [2.24, 2.45) is 0 Å². The number of benzene rings is 1. The fourth-order valence-electron chi connectivity index (χ4n) is 2.40. The molecule has 1 aliphatic heterocycles. The third-order valence-corrected chi connectivity index (χ3v) is 3.58. The van der Waals surface area contributed by atoms with Crippen LogP contribution in [0.15, 0.2) is 24.3 Å². The van der Waals surface area contributed by atoms with E-state index in [4.69, 9.17) is 8.85 Å². The van der Waals surface area contributed by atoms with Crippen LogP contribution in [0.3, 0.4) is 0 Å². The maximum Gasteiger partial charge on any atom is 0.315 e. The fraction of sp³-hybridized carbons (Fsp3) is 0.588. The lowest BCUT2D eigenvalue weighted by molar-refractivity contribution is 0.213. The van der Waals surface area contributed by atoms with E-state index in [1.807, 2.05) is 38.1 Å². The van der Waals surface area contributed by atoms with Crippen LogP contribution < -0.4 is 15.4 Å². The van der Waals surface area contributed by atoms with E-state index in [2.05, 4.69) is 10.6 Å². The minimum Gasteiger partial charge on any atom is -0.491 e. The topological polar surface area (TPSA) is 53.6 Å². The van der Waals surface area contributed by atoms with Crippen LogP contribution in [0.1, 0.15) is 36.4 Å². The van der Waals surface area contributed by atoms with Gasteiger partial charge in [-0.05, 0) is 64.5 Å². The zero-order chi connectivity index (χ0) is 18.4. The van der Waals surface area contributed by atoms with Gasteiger partial charge in [-0.2, -0.15) is 0 Å². The normalized spacial score (nSPS) is 19.1. The zero-order valence-electron chi connectivity index (χ0n) is 16.3. The monoisotopic (exact) mass is 308 g/mol. The average molecular weight is 308 g/mol. The van der Waals surface area contributed by atoms with E-state index >= 15 is 0 Å². The Bertz CT molecular complexity index is 553. The standard InChI is InChI=1S/C17H27N3O2/c1-13(2)22-16-6-4-14(5-7-16)12-18-17(21)19-15-8-10-20(3)11-9-15/h4-7,13,15H,8-12H2,1-3H3,(H2,18,19,21)/i3D3. The van der Waals surface area contributed by atoms with Crippen molar-refractivity contribution >= 4 is 6.03 Å². The van der Waals surface area contributed by atoms with Crippen molar-refractivity contribution < 1.29 is 13.6 Å². The molecule has 0 aromatic heterocycles. The van der Waals surface area contributed by atoms with Crippen molar-refractivity contribution in [3.63, 3.8) is 0 Å². The Balaban J connectivity index is 1.71. The molecule has 5 heteroatoms. The highest BCUT2D eigenvalue weighted by atomic mass is 16.5. The van der Waals surface area contributed by atoms with Crippen LogP contribution in [0.2, 0.25) is 0 Å². The first-order chi connectivity index (χ1) is 11.7. The number of hydrogen-bond donors (Lipinski definition) is 2. The first-order valence-electron chi connectivity index (χ1n) is 9.29. The Hall–Kier alpha value is -1.75. The SMILES string of the molecule is [2H]C([2H])([2H])N1CCC(NC(=O)NCc2ccc(OC(C)C)cc2)CC1. The van der Waals surface area contributed by atoms with E-state index in [1.165, 1.54) is 4.90 Å². The molecule has 0 unspecified atom stereocenters. The molecule has 2 amide bonds. The van der Waals surface area contributed by atoms with E-state index in [-0.39, 0.29) is 18.2 Å². The van der Waals surface area contributed by atoms with Gasteiger partial charge in [0.2, 0.25) is 0 Å². The molecule has 2 N–H and O–H groups in total. The number of carbonyl (C=O) groups excluding carboxylic acids is 1. The van der Waals surface area contributed by atoms with Crippen LogP contribution in [0.4, 0.5) is 4.79 Å². The third kappa shape index (κ3) is 5.56. The van der Waals surface area contributed by atoms with Crippen molar-refractivity contribution in [3.05, 3.63) is 29.8 Å². The Morgan fingerprint density at radius 2 is 2.05 bits per heavy atom. The molecule has 1 heterocycles. The smallest absolute Gasteiger partial charge is 0.315 e. The number of amides is 2. The number of ether oxygens (including phenoxy) is 1. The lowest BCUT2D eigenvalue weighted by Crippen LogP contribution is -2.46. The molecule has 2 rings (SSSR count). The van der Waals surface area contributed by atoms with Crippen LogP contribution in [0, 0.1) is 0 Å². The summed E-state index contributed by atoms with van der Waals surface area (Å²) in [7, 11) is 0. The molecule has 122 valence electrons. The third-order valence-electron chi connectivity index (χ3n) is 3.58. The minimum atomic E-state index is -2.04. The fourth-order valence-corrected chi connectivity index (χ4v) is 2.40. The molecule has 0 radical (unpaired) electrons. The Morgan fingerprint density at radius 3 is 2.64 bits per heavy atom. The summed E-state index contributed by atoms with van der Waals surface area (Å²) in [6.07, 6.45) is 1.42. The molecule has 0 bridgehead atoms. The minimum absolute atomic E-state index is 0.0143. The second-order valence-corrected chi connectivity index (χ2v) is 5.90. The second kappa shape index (κ2) is 8.03. The van der Waals surface area contributed by atoms with Crippen molar-refractivity contribution in [2.45, 2.75) is 45.4 Å². The van der Waals surface area contributed by atoms with Crippen molar-refractivity contribution in [1.82, 2.24) is 15.5 Å². The highest BCUT2D eigenvalue weighted by Gasteiger charge is 2.17. The summed E-state index contributed by atoms with van der Waals surface area (Å²) in [5.74, 6) is 0.809. The maximum atomic E-state index is 12.0. The number of urea groups is 1. The Morgan fingerprint density at radius 1 is 1.36 bits per heavy atom. The Kier molecular flexibility index (Phi) is 4.66. The van der Waals surface area contributed by atoms with E-state index < -0.39 is 6.98 Å². The van der Waals surface area contributed by atoms with Gasteiger partial charge in [-0.25, -0.2) is 4.79 Å². The highest BCUT2D eigenvalue weighted by Crippen LogP contribution is 2.13. The van der Waals surface area contributed by atoms with Crippen LogP contribution in [-0.2, 0) is 6.54 Å². The molecule has 0 saturated carbocycles. The molecule has 1 aromatic rings. The largest absolute Gasteiger partial charge is 0.491 e. The van der Waals surface area contributed by atoms with Gasteiger partial charge in [0.05, 0.1) is 6.10 Å². The Labute approximate surface area is 137 Å². The molecule has 0 atom stereocenters. The zero-order valence-corrected chi connectivity index (χ0v) is 13.3. The average Bonchev–Trinajstić information content (AvgIpc) is 2.53. The molecule has 1 aliphatic rings. The maximum absolute atomic E-state index is 12.0. The summed E-state index contributed by atoms with van der Waals surface area (Å²) in [5, 5.41) is 5.75. The van der Waals surface area contributed by atoms with E-state index in [9.17, 15) is 4.79 Å². The van der Waals surface area contributed by atoms with Gasteiger partial charge in [0.15, 0.2) is 0 Å². The number of carbonyl (C=O) groups is 1. The highest BCUT2D eigenvalue weighted by molar-refractivity contribution is 5.74. The van der Waals surface area contributed by atoms with Gasteiger partial charge in [0.25, 0.3) is 0 Å². The summed E-state index contributed by atoms with van der Waals surface area (Å²) in [5.41, 5.74) is 0.989. The first kappa shape index (κ1) is 12.8. The lowest BCUT2D eigenvalue weighted by Gasteiger charge is -2.29. The molecule has 0 aliphatic carbocycles. The quantitative estimate of drug-likeness (QED) is 0.878. The van der Waals surface area contributed by atoms with Gasteiger partial charge in [-0.1, -0.05) is 12.1 Å². The van der Waals surface area contributed by atoms with Crippen LogP contribution >= 0.6 is 0 Å². The number of piperidine rings is 1. The number of likely N-dealkylation sites (tertiary alicyclic amines) is 1. The van der Waals surface area contributed by atoms with Crippen LogP contribution in [0.5, 0.6) is 5.75 Å². The van der Waals surface area contributed by atoms with Crippen LogP contribution in [0.25, 0.3) is 0 Å². The van der Waals surface area contributed by atoms with Crippen molar-refractivity contribution in [2.75, 3.05) is 20.1 Å². The first-order valence-corrected chi connectivity index (χ1v) is 7.79. The molecule has 1 fully saturated rings. The summed E-state index contributed by atoms with van der Waals surface area (Å²) in [4.78, 5) is 13.5. The molecule has 1 saturated heterocycles. The van der Waals surface area contributed by atoms with Gasteiger partial charge < -0.3 is 20.3 Å². The lowest BCUT2D eigenvalue weighted by atomic mass is 10.1. The molecule has 0 spiro atoms. The molecular formula is C17H27N3O2. The van der Waals surface area contributed by atoms with Gasteiger partial charge in [0, 0.05) is 16.7 Å². The summed E-state index contributed by atoms with van der Waals surface area (Å²) >= 11 is 0. The van der Waals surface area contributed by atoms with Gasteiger partial charge in [-0.3, -0.25) is 0 Å². The number of rotatable bonds is 5. The van der Waals surface area contributed by atoms with E-state index in [1.54, 1.807) is 0 Å². The second-order valence-electron chi connectivity index (χ2n) is 5.90. The molecule has 5 nitrogen and oxygen atoms in total. The summed E-state index contributed by atoms with van der Waals surface area (Å²) < 4.78 is 27.8. The van der Waals surface area contributed by atoms with Crippen molar-refractivity contribution in [3.8, 4) is 5.75 Å². The number of nitrogens with one attached hydrogen (secondary N) is 2. The summed E-state index contributed by atoms with van der Waals surface area (Å²) in [6.45, 7) is 3.28. The van der Waals surface area contributed by atoms with Gasteiger partial charge >= 0.3 is 6.03 Å². The van der Waals surface area contributed by atoms with Crippen molar-refractivity contribution in [1.29, 1.82) is 0 Å². The van der Waals surface area contributed by atoms with Gasteiger partial charge in [-0.15, -0.1) is 0 Å². The van der Waals surface area contributed by atoms with E-state index in [0.717, 1.165) is 11.3 Å².